The molecule has 3 N–H and O–H groups in total. The van der Waals surface area contributed by atoms with Gasteiger partial charge >= 0.3 is 21.1 Å². The number of rotatable bonds is 9. The molecule has 11 aromatic rings. The van der Waals surface area contributed by atoms with E-state index in [-0.39, 0.29) is 40.7 Å². The van der Waals surface area contributed by atoms with Crippen LogP contribution >= 0.6 is 31.9 Å². The van der Waals surface area contributed by atoms with Gasteiger partial charge in [-0.25, -0.2) is 9.97 Å². The molecule has 0 saturated carbocycles. The molecular weight excluding hydrogens is 1290 g/mol. The first-order valence-corrected chi connectivity index (χ1v) is 32.7. The summed E-state index contributed by atoms with van der Waals surface area (Å²) in [4.78, 5) is 19.9. The van der Waals surface area contributed by atoms with Gasteiger partial charge in [0.2, 0.25) is 0 Å². The van der Waals surface area contributed by atoms with E-state index in [9.17, 15) is 4.79 Å². The number of aldehydes is 1. The van der Waals surface area contributed by atoms with Crippen molar-refractivity contribution in [3.8, 4) is 34.2 Å². The molecule has 0 amide bonds. The van der Waals surface area contributed by atoms with Gasteiger partial charge in [-0.15, -0.1) is 0 Å². The molecule has 3 fully saturated rings. The number of nitrogens with two attached hydrogens (primary N) is 1. The topological polar surface area (TPSA) is 146 Å². The fraction of sp³-hybridized carbons (Fsp3) is 0.240. The van der Waals surface area contributed by atoms with Gasteiger partial charge in [-0.3, -0.25) is 13.9 Å². The number of nitrogens with one attached hydrogen (secondary N) is 1. The predicted octanol–water partition coefficient (Wildman–Crippen LogP) is 18.0. The van der Waals surface area contributed by atoms with E-state index in [1.807, 2.05) is 159 Å². The van der Waals surface area contributed by atoms with Crippen LogP contribution in [0.25, 0.3) is 56.2 Å². The molecule has 0 unspecified atom stereocenters. The van der Waals surface area contributed by atoms with Crippen molar-refractivity contribution >= 4 is 104 Å². The van der Waals surface area contributed by atoms with Gasteiger partial charge in [0.25, 0.3) is 0 Å². The van der Waals surface area contributed by atoms with Crippen LogP contribution in [0, 0.1) is 0 Å². The van der Waals surface area contributed by atoms with Gasteiger partial charge in [0.05, 0.1) is 67.0 Å². The Hall–Kier alpha value is -7.90. The number of halogens is 2. The molecule has 474 valence electrons. The smallest absolute Gasteiger partial charge is 0.405 e. The lowest BCUT2D eigenvalue weighted by molar-refractivity contribution is 0.00578. The van der Waals surface area contributed by atoms with Crippen LogP contribution in [0.3, 0.4) is 0 Å². The first-order chi connectivity index (χ1) is 44.2. The quantitative estimate of drug-likeness (QED) is 0.0809. The average Bonchev–Trinajstić information content (AvgIpc) is 1.63. The SMILES string of the molecule is Brc1ccc(-c2nc3ccccc3n2-c2ccccc2)cc1.CC1(C)OB(B2OC(C)(C)C(C)(C)O2)OC1(C)C.CC1(C)OB(c2ccc(-c3nc4ccccc4n3-c3ccccc3)cc2)OC1(C)C.Nc1ccccc1Nc1ccccc1.O=Cc1ccc(Br)cc1. The van der Waals surface area contributed by atoms with E-state index in [0.29, 0.717) is 5.56 Å². The molecule has 2 aromatic heterocycles. The lowest BCUT2D eigenvalue weighted by Crippen LogP contribution is -2.41. The Kier molecular flexibility index (Phi) is 20.7. The summed E-state index contributed by atoms with van der Waals surface area (Å²) in [5.74, 6) is 1.88. The number of hydrogen-bond acceptors (Lipinski definition) is 11. The zero-order valence-corrected chi connectivity index (χ0v) is 58.0. The molecule has 93 heavy (non-hydrogen) atoms. The summed E-state index contributed by atoms with van der Waals surface area (Å²) in [6.07, 6.45) is 0.826. The minimum atomic E-state index is -0.476. The molecule has 0 bridgehead atoms. The monoisotopic (exact) mass is 1370 g/mol. The van der Waals surface area contributed by atoms with Crippen LogP contribution in [0.1, 0.15) is 93.4 Å². The van der Waals surface area contributed by atoms with Gasteiger partial charge in [0.15, 0.2) is 0 Å². The van der Waals surface area contributed by atoms with Gasteiger partial charge < -0.3 is 39.0 Å². The number of anilines is 3. The molecule has 0 atom stereocenters. The molecule has 18 heteroatoms. The molecule has 13 nitrogen and oxygen atoms in total. The molecule has 14 rings (SSSR count). The fourth-order valence-corrected chi connectivity index (χ4v) is 10.8. The van der Waals surface area contributed by atoms with Crippen molar-refractivity contribution in [2.45, 2.75) is 117 Å². The van der Waals surface area contributed by atoms with Crippen molar-refractivity contribution in [2.75, 3.05) is 11.1 Å². The summed E-state index contributed by atoms with van der Waals surface area (Å²) in [6, 6.07) is 78.7. The molecule has 0 radical (unpaired) electrons. The van der Waals surface area contributed by atoms with Crippen molar-refractivity contribution in [2.24, 2.45) is 0 Å². The van der Waals surface area contributed by atoms with E-state index in [0.717, 1.165) is 94.0 Å². The van der Waals surface area contributed by atoms with Crippen molar-refractivity contribution in [3.05, 3.63) is 251 Å². The number of carbonyl (C=O) groups is 1. The summed E-state index contributed by atoms with van der Waals surface area (Å²) in [7, 11) is -1.32. The second-order valence-corrected chi connectivity index (χ2v) is 27.7. The minimum Gasteiger partial charge on any atom is -0.405 e. The Labute approximate surface area is 565 Å². The van der Waals surface area contributed by atoms with E-state index in [1.54, 1.807) is 12.1 Å². The predicted molar refractivity (Wildman–Crippen MR) is 389 cm³/mol. The maximum atomic E-state index is 10.1. The Bertz CT molecular complexity index is 4200. The van der Waals surface area contributed by atoms with E-state index in [4.69, 9.17) is 43.6 Å². The third-order valence-electron chi connectivity index (χ3n) is 17.7. The van der Waals surface area contributed by atoms with Gasteiger partial charge in [-0.1, -0.05) is 171 Å². The second kappa shape index (κ2) is 28.4. The van der Waals surface area contributed by atoms with Crippen LogP contribution in [0.15, 0.2) is 246 Å². The van der Waals surface area contributed by atoms with Crippen LogP contribution in [0.2, 0.25) is 0 Å². The van der Waals surface area contributed by atoms with Crippen LogP contribution in [0.4, 0.5) is 17.1 Å². The summed E-state index contributed by atoms with van der Waals surface area (Å²) < 4.78 is 42.7. The first kappa shape index (κ1) is 68.0. The van der Waals surface area contributed by atoms with Gasteiger partial charge in [-0.2, -0.15) is 0 Å². The normalized spacial score (nSPS) is 16.8. The number of benzene rings is 9. The van der Waals surface area contributed by atoms with E-state index >= 15 is 0 Å². The molecule has 0 aliphatic carbocycles. The Morgan fingerprint density at radius 3 is 1.16 bits per heavy atom. The first-order valence-electron chi connectivity index (χ1n) is 31.1. The molecule has 5 heterocycles. The average molecular weight is 1370 g/mol. The number of nitrogens with zero attached hydrogens (tertiary/aromatic N) is 4. The molecule has 3 saturated heterocycles. The van der Waals surface area contributed by atoms with Crippen molar-refractivity contribution in [3.63, 3.8) is 0 Å². The highest BCUT2D eigenvalue weighted by molar-refractivity contribution is 9.10. The highest BCUT2D eigenvalue weighted by Crippen LogP contribution is 2.43. The van der Waals surface area contributed by atoms with E-state index in [2.05, 4.69) is 195 Å². The second-order valence-electron chi connectivity index (χ2n) is 25.9. The van der Waals surface area contributed by atoms with Crippen molar-refractivity contribution in [1.29, 1.82) is 0 Å². The number of nitrogen functional groups attached to an aromatic ring is 1. The van der Waals surface area contributed by atoms with E-state index < -0.39 is 14.0 Å². The lowest BCUT2D eigenvalue weighted by atomic mass is 9.49. The van der Waals surface area contributed by atoms with Gasteiger partial charge in [0, 0.05) is 42.7 Å². The number of imidazole rings is 2. The van der Waals surface area contributed by atoms with E-state index in [1.165, 1.54) is 0 Å². The number of aromatic nitrogens is 4. The van der Waals surface area contributed by atoms with Gasteiger partial charge in [-0.05, 0) is 186 Å². The van der Waals surface area contributed by atoms with Gasteiger partial charge in [0.1, 0.15) is 17.9 Å². The number of fused-ring (bicyclic) bond motifs is 2. The summed E-state index contributed by atoms with van der Waals surface area (Å²) in [5, 5.41) is 3.25. The Balaban J connectivity index is 0.000000134. The van der Waals surface area contributed by atoms with Crippen LogP contribution < -0.4 is 16.5 Å². The van der Waals surface area contributed by atoms with Crippen molar-refractivity contribution < 1.29 is 32.7 Å². The number of hydrogen-bond donors (Lipinski definition) is 2. The third kappa shape index (κ3) is 15.7. The number of carbonyl (C=O) groups excluding carboxylic acids is 1. The molecule has 3 aliphatic rings. The fourth-order valence-electron chi connectivity index (χ4n) is 10.3. The summed E-state index contributed by atoms with van der Waals surface area (Å²) in [6.45, 7) is 24.5. The maximum absolute atomic E-state index is 10.1. The number of para-hydroxylation sites is 9. The summed E-state index contributed by atoms with van der Waals surface area (Å²) >= 11 is 6.75. The lowest BCUT2D eigenvalue weighted by Gasteiger charge is -2.32. The zero-order chi connectivity index (χ0) is 66.3. The molecule has 3 aliphatic heterocycles. The molecular formula is C75H79B3Br2N6O7. The Morgan fingerprint density at radius 2 is 0.753 bits per heavy atom. The zero-order valence-electron chi connectivity index (χ0n) is 54.8. The van der Waals surface area contributed by atoms with Crippen molar-refractivity contribution in [1.82, 2.24) is 19.1 Å². The summed E-state index contributed by atoms with van der Waals surface area (Å²) in [5.41, 5.74) is 16.7. The largest absolute Gasteiger partial charge is 0.494 e. The standard InChI is InChI=1S/C25H25BN2O2.C19H13BrN2.C12H24B2O4.C12H12N2.C7H5BrO/c1-24(2)25(3,4)30-26(29-24)19-16-14-18(15-17-19)23-27-21-12-8-9-13-22(21)28(23)20-10-6-5-7-11-20;20-15-12-10-14(11-13-15)19-21-17-8-4-5-9-18(17)22(19)16-6-2-1-3-7-16;1-9(2)10(3,4)16-13(15-9)14-17-11(5,6)12(7,8)18-14;13-11-8-4-5-9-12(11)14-10-6-2-1-3-7-10;8-7-3-1-6(5-9)2-4-7/h5-17H,1-4H3;1-13H;1-8H3;1-9,14H,13H2;1-5H. The van der Waals surface area contributed by atoms with Crippen LogP contribution in [0.5, 0.6) is 0 Å². The van der Waals surface area contributed by atoms with Crippen LogP contribution in [-0.2, 0) is 27.9 Å². The molecule has 0 spiro atoms. The highest BCUT2D eigenvalue weighted by atomic mass is 79.9. The highest BCUT2D eigenvalue weighted by Gasteiger charge is 2.64. The minimum absolute atomic E-state index is 0.350. The third-order valence-corrected chi connectivity index (χ3v) is 18.8. The Morgan fingerprint density at radius 1 is 0.409 bits per heavy atom. The molecule has 9 aromatic carbocycles. The maximum Gasteiger partial charge on any atom is 0.494 e. The van der Waals surface area contributed by atoms with Crippen LogP contribution in [-0.4, -0.2) is 80.1 Å².